The number of carbonyl (C=O) groups excluding carboxylic acids is 1. The molecule has 1 saturated heterocycles. The first-order valence-corrected chi connectivity index (χ1v) is 10.9. The molecular weight excluding hydrogens is 402 g/mol. The van der Waals surface area contributed by atoms with Crippen LogP contribution in [0.25, 0.3) is 10.8 Å². The minimum Gasteiger partial charge on any atom is -0.444 e. The molecule has 1 unspecified atom stereocenters. The van der Waals surface area contributed by atoms with E-state index in [-0.39, 0.29) is 35.7 Å². The standard InChI is InChI=1S/C19H24ClN3O4S/c1-13-12-22(18(24)27-19(2,3)4)10-11-23(13)28(25,26)16-7-5-6-15-14(16)8-9-21-17(15)20/h5-9,13H,10-12H2,1-4H3. The van der Waals surface area contributed by atoms with Gasteiger partial charge in [0, 0.05) is 42.6 Å². The summed E-state index contributed by atoms with van der Waals surface area (Å²) in [4.78, 5) is 18.1. The molecule has 0 saturated carbocycles. The molecule has 1 amide bonds. The van der Waals surface area contributed by atoms with Crippen LogP contribution in [-0.2, 0) is 14.8 Å². The largest absolute Gasteiger partial charge is 0.444 e. The molecule has 152 valence electrons. The lowest BCUT2D eigenvalue weighted by Gasteiger charge is -2.39. The molecule has 1 aromatic heterocycles. The Bertz CT molecular complexity index is 1000. The third kappa shape index (κ3) is 4.09. The van der Waals surface area contributed by atoms with Crippen molar-refractivity contribution in [2.45, 2.75) is 44.2 Å². The summed E-state index contributed by atoms with van der Waals surface area (Å²) in [5.41, 5.74) is -0.597. The van der Waals surface area contributed by atoms with E-state index in [1.165, 1.54) is 10.5 Å². The molecule has 1 atom stereocenters. The number of aromatic nitrogens is 1. The number of carbonyl (C=O) groups is 1. The van der Waals surface area contributed by atoms with E-state index < -0.39 is 21.7 Å². The van der Waals surface area contributed by atoms with Crippen molar-refractivity contribution in [2.24, 2.45) is 0 Å². The van der Waals surface area contributed by atoms with Crippen molar-refractivity contribution in [1.82, 2.24) is 14.2 Å². The van der Waals surface area contributed by atoms with Gasteiger partial charge in [-0.15, -0.1) is 0 Å². The van der Waals surface area contributed by atoms with Gasteiger partial charge in [-0.05, 0) is 39.8 Å². The molecule has 9 heteroatoms. The summed E-state index contributed by atoms with van der Waals surface area (Å²) in [6.07, 6.45) is 1.06. The summed E-state index contributed by atoms with van der Waals surface area (Å²) in [7, 11) is -3.77. The third-order valence-electron chi connectivity index (χ3n) is 4.52. The van der Waals surface area contributed by atoms with Crippen LogP contribution in [-0.4, -0.2) is 60.0 Å². The fraction of sp³-hybridized carbons (Fsp3) is 0.474. The number of sulfonamides is 1. The average Bonchev–Trinajstić information content (AvgIpc) is 2.60. The van der Waals surface area contributed by atoms with Gasteiger partial charge in [-0.2, -0.15) is 4.31 Å². The zero-order valence-electron chi connectivity index (χ0n) is 16.3. The second-order valence-corrected chi connectivity index (χ2v) is 10.1. The molecule has 0 spiro atoms. The van der Waals surface area contributed by atoms with E-state index in [0.29, 0.717) is 10.8 Å². The molecular formula is C19H24ClN3O4S. The highest BCUT2D eigenvalue weighted by atomic mass is 35.5. The summed E-state index contributed by atoms with van der Waals surface area (Å²) >= 11 is 6.12. The minimum atomic E-state index is -3.77. The maximum Gasteiger partial charge on any atom is 0.410 e. The van der Waals surface area contributed by atoms with E-state index in [0.717, 1.165) is 0 Å². The van der Waals surface area contributed by atoms with Gasteiger partial charge in [-0.3, -0.25) is 0 Å². The van der Waals surface area contributed by atoms with Crippen molar-refractivity contribution in [2.75, 3.05) is 19.6 Å². The molecule has 2 heterocycles. The molecule has 0 radical (unpaired) electrons. The molecule has 1 aliphatic rings. The molecule has 1 fully saturated rings. The van der Waals surface area contributed by atoms with Crippen LogP contribution in [0.2, 0.25) is 5.15 Å². The van der Waals surface area contributed by atoms with Crippen LogP contribution in [0, 0.1) is 0 Å². The number of halogens is 1. The highest BCUT2D eigenvalue weighted by Gasteiger charge is 2.37. The Morgan fingerprint density at radius 2 is 1.93 bits per heavy atom. The van der Waals surface area contributed by atoms with Crippen molar-refractivity contribution in [3.63, 3.8) is 0 Å². The number of piperazine rings is 1. The van der Waals surface area contributed by atoms with E-state index in [4.69, 9.17) is 16.3 Å². The lowest BCUT2D eigenvalue weighted by atomic mass is 10.2. The molecule has 1 aliphatic heterocycles. The quantitative estimate of drug-likeness (QED) is 0.688. The number of ether oxygens (including phenoxy) is 1. The highest BCUT2D eigenvalue weighted by Crippen LogP contribution is 2.30. The summed E-state index contributed by atoms with van der Waals surface area (Å²) in [5.74, 6) is 0. The summed E-state index contributed by atoms with van der Waals surface area (Å²) in [6, 6.07) is 6.23. The summed E-state index contributed by atoms with van der Waals surface area (Å²) in [6.45, 7) is 7.92. The first-order valence-electron chi connectivity index (χ1n) is 9.04. The number of pyridine rings is 1. The van der Waals surface area contributed by atoms with E-state index >= 15 is 0 Å². The van der Waals surface area contributed by atoms with Gasteiger partial charge < -0.3 is 9.64 Å². The molecule has 0 aliphatic carbocycles. The van der Waals surface area contributed by atoms with E-state index in [2.05, 4.69) is 4.98 Å². The summed E-state index contributed by atoms with van der Waals surface area (Å²) < 4.78 is 33.5. The minimum absolute atomic E-state index is 0.187. The Kier molecular flexibility index (Phi) is 5.58. The zero-order valence-corrected chi connectivity index (χ0v) is 17.9. The third-order valence-corrected chi connectivity index (χ3v) is 6.90. The topological polar surface area (TPSA) is 79.8 Å². The first-order chi connectivity index (χ1) is 13.0. The van der Waals surface area contributed by atoms with E-state index in [1.807, 2.05) is 0 Å². The molecule has 0 N–H and O–H groups in total. The highest BCUT2D eigenvalue weighted by molar-refractivity contribution is 7.89. The lowest BCUT2D eigenvalue weighted by Crippen LogP contribution is -2.56. The van der Waals surface area contributed by atoms with Crippen molar-refractivity contribution >= 4 is 38.5 Å². The maximum atomic E-state index is 13.4. The molecule has 2 aromatic rings. The van der Waals surface area contributed by atoms with Gasteiger partial charge in [0.15, 0.2) is 0 Å². The van der Waals surface area contributed by atoms with Crippen LogP contribution in [0.3, 0.4) is 0 Å². The Labute approximate surface area is 170 Å². The van der Waals surface area contributed by atoms with Crippen molar-refractivity contribution < 1.29 is 17.9 Å². The molecule has 1 aromatic carbocycles. The number of nitrogens with zero attached hydrogens (tertiary/aromatic N) is 3. The average molecular weight is 426 g/mol. The van der Waals surface area contributed by atoms with E-state index in [9.17, 15) is 13.2 Å². The van der Waals surface area contributed by atoms with Crippen molar-refractivity contribution in [3.8, 4) is 0 Å². The number of rotatable bonds is 2. The van der Waals surface area contributed by atoms with Gasteiger partial charge in [0.05, 0.1) is 4.90 Å². The van der Waals surface area contributed by atoms with E-state index in [1.54, 1.807) is 56.9 Å². The number of hydrogen-bond acceptors (Lipinski definition) is 5. The molecule has 7 nitrogen and oxygen atoms in total. The SMILES string of the molecule is CC1CN(C(=O)OC(C)(C)C)CCN1S(=O)(=O)c1cccc2c(Cl)nccc12. The van der Waals surface area contributed by atoms with Gasteiger partial charge in [-0.1, -0.05) is 23.7 Å². The van der Waals surface area contributed by atoms with Gasteiger partial charge >= 0.3 is 6.09 Å². The zero-order chi connectivity index (χ0) is 20.7. The smallest absolute Gasteiger partial charge is 0.410 e. The van der Waals surface area contributed by atoms with Gasteiger partial charge in [0.25, 0.3) is 0 Å². The first kappa shape index (κ1) is 20.8. The monoisotopic (exact) mass is 425 g/mol. The molecule has 28 heavy (non-hydrogen) atoms. The van der Waals surface area contributed by atoms with Crippen LogP contribution >= 0.6 is 11.6 Å². The number of fused-ring (bicyclic) bond motifs is 1. The Balaban J connectivity index is 1.87. The molecule has 0 bridgehead atoms. The molecule has 3 rings (SSSR count). The lowest BCUT2D eigenvalue weighted by molar-refractivity contribution is 0.0143. The van der Waals surface area contributed by atoms with Crippen LogP contribution in [0.1, 0.15) is 27.7 Å². The number of benzene rings is 1. The van der Waals surface area contributed by atoms with Crippen LogP contribution in [0.4, 0.5) is 4.79 Å². The Morgan fingerprint density at radius 1 is 1.21 bits per heavy atom. The number of hydrogen-bond donors (Lipinski definition) is 0. The second-order valence-electron chi connectivity index (χ2n) is 7.84. The fourth-order valence-corrected chi connectivity index (χ4v) is 5.33. The van der Waals surface area contributed by atoms with Crippen molar-refractivity contribution in [3.05, 3.63) is 35.6 Å². The Hall–Kier alpha value is -1.90. The predicted molar refractivity (Wildman–Crippen MR) is 108 cm³/mol. The predicted octanol–water partition coefficient (Wildman–Crippen LogP) is 3.52. The van der Waals surface area contributed by atoms with Crippen LogP contribution < -0.4 is 0 Å². The van der Waals surface area contributed by atoms with Crippen LogP contribution in [0.5, 0.6) is 0 Å². The van der Waals surface area contributed by atoms with Crippen molar-refractivity contribution in [1.29, 1.82) is 0 Å². The van der Waals surface area contributed by atoms with Gasteiger partial charge in [-0.25, -0.2) is 18.2 Å². The Morgan fingerprint density at radius 3 is 2.57 bits per heavy atom. The fourth-order valence-electron chi connectivity index (χ4n) is 3.28. The normalized spacial score (nSPS) is 19.0. The number of amides is 1. The van der Waals surface area contributed by atoms with Gasteiger partial charge in [0.1, 0.15) is 10.8 Å². The summed E-state index contributed by atoms with van der Waals surface area (Å²) in [5, 5.41) is 1.38. The second kappa shape index (κ2) is 7.50. The van der Waals surface area contributed by atoms with Crippen LogP contribution in [0.15, 0.2) is 35.4 Å². The maximum absolute atomic E-state index is 13.4. The van der Waals surface area contributed by atoms with Gasteiger partial charge in [0.2, 0.25) is 10.0 Å².